The molecule has 6 nitrogen and oxygen atoms in total. The number of carbonyl (C=O) groups is 3. The number of carbonyl (C=O) groups excluding carboxylic acids is 3. The molecule has 0 aromatic heterocycles. The van der Waals surface area contributed by atoms with Crippen LogP contribution in [0.1, 0.15) is 445 Å². The first-order valence-electron chi connectivity index (χ1n) is 37.5. The molecule has 0 aromatic rings. The van der Waals surface area contributed by atoms with Crippen molar-refractivity contribution in [3.8, 4) is 0 Å². The second-order valence-electron chi connectivity index (χ2n) is 25.9. The van der Waals surface area contributed by atoms with Crippen molar-refractivity contribution in [3.05, 3.63) is 0 Å². The lowest BCUT2D eigenvalue weighted by atomic mass is 10.0. The van der Waals surface area contributed by atoms with Gasteiger partial charge in [-0.2, -0.15) is 0 Å². The van der Waals surface area contributed by atoms with Crippen LogP contribution >= 0.6 is 0 Å². The van der Waals surface area contributed by atoms with Gasteiger partial charge >= 0.3 is 17.9 Å². The normalized spacial score (nSPS) is 11.9. The minimum Gasteiger partial charge on any atom is -0.462 e. The summed E-state index contributed by atoms with van der Waals surface area (Å²) in [5.41, 5.74) is 0. The van der Waals surface area contributed by atoms with E-state index in [-0.39, 0.29) is 31.1 Å². The van der Waals surface area contributed by atoms with Crippen molar-refractivity contribution in [3.63, 3.8) is 0 Å². The first kappa shape index (κ1) is 79.4. The van der Waals surface area contributed by atoms with E-state index in [2.05, 4.69) is 20.8 Å². The predicted molar refractivity (Wildman–Crippen MR) is 354 cm³/mol. The van der Waals surface area contributed by atoms with Crippen LogP contribution in [0.4, 0.5) is 0 Å². The summed E-state index contributed by atoms with van der Waals surface area (Å²) in [6.07, 6.45) is 84.6. The highest BCUT2D eigenvalue weighted by Crippen LogP contribution is 2.20. The lowest BCUT2D eigenvalue weighted by Gasteiger charge is -2.18. The van der Waals surface area contributed by atoms with Crippen LogP contribution in [-0.4, -0.2) is 37.2 Å². The van der Waals surface area contributed by atoms with Crippen molar-refractivity contribution in [1.82, 2.24) is 0 Å². The molecule has 482 valence electrons. The highest BCUT2D eigenvalue weighted by atomic mass is 16.6. The van der Waals surface area contributed by atoms with Gasteiger partial charge in [0, 0.05) is 19.3 Å². The van der Waals surface area contributed by atoms with Crippen LogP contribution in [0.3, 0.4) is 0 Å². The summed E-state index contributed by atoms with van der Waals surface area (Å²) in [6.45, 7) is 6.73. The van der Waals surface area contributed by atoms with Gasteiger partial charge in [0.25, 0.3) is 0 Å². The smallest absolute Gasteiger partial charge is 0.306 e. The van der Waals surface area contributed by atoms with E-state index in [0.29, 0.717) is 19.3 Å². The fraction of sp³-hybridized carbons (Fsp3) is 0.960. The quantitative estimate of drug-likeness (QED) is 0.0343. The van der Waals surface area contributed by atoms with E-state index in [1.54, 1.807) is 0 Å². The van der Waals surface area contributed by atoms with Crippen molar-refractivity contribution in [1.29, 1.82) is 0 Å². The Morgan fingerprint density at radius 1 is 0.198 bits per heavy atom. The largest absolute Gasteiger partial charge is 0.462 e. The highest BCUT2D eigenvalue weighted by Gasteiger charge is 2.20. The van der Waals surface area contributed by atoms with E-state index in [4.69, 9.17) is 14.2 Å². The fourth-order valence-electron chi connectivity index (χ4n) is 12.0. The summed E-state index contributed by atoms with van der Waals surface area (Å²) in [5, 5.41) is 0. The summed E-state index contributed by atoms with van der Waals surface area (Å²) in [6, 6.07) is 0. The summed E-state index contributed by atoms with van der Waals surface area (Å²) in [5.74, 6) is -0.822. The highest BCUT2D eigenvalue weighted by molar-refractivity contribution is 5.71. The van der Waals surface area contributed by atoms with Gasteiger partial charge in [-0.25, -0.2) is 0 Å². The van der Waals surface area contributed by atoms with E-state index >= 15 is 0 Å². The molecular weight excluding hydrogens is 997 g/mol. The number of esters is 3. The van der Waals surface area contributed by atoms with Gasteiger partial charge in [-0.05, 0) is 19.3 Å². The van der Waals surface area contributed by atoms with Crippen LogP contribution < -0.4 is 0 Å². The standard InChI is InChI=1S/C75H146O6/c1-4-7-10-13-16-19-22-24-26-28-30-32-34-35-36-37-38-39-40-42-43-45-47-49-51-53-56-59-62-65-68-74(77)80-71-72(70-79-73(76)67-64-61-58-55-21-18-15-12-9-6-3)81-75(78)69-66-63-60-57-54-52-50-48-46-44-41-33-31-29-27-25-23-20-17-14-11-8-5-2/h72H,4-71H2,1-3H3. The minimum absolute atomic E-state index is 0.0604. The average molecular weight is 1140 g/mol. The molecule has 1 atom stereocenters. The van der Waals surface area contributed by atoms with Crippen molar-refractivity contribution >= 4 is 17.9 Å². The third kappa shape index (κ3) is 69.1. The molecule has 0 rings (SSSR count). The summed E-state index contributed by atoms with van der Waals surface area (Å²) in [4.78, 5) is 38.4. The van der Waals surface area contributed by atoms with Crippen molar-refractivity contribution in [2.45, 2.75) is 451 Å². The zero-order valence-electron chi connectivity index (χ0n) is 55.6. The molecule has 0 spiro atoms. The van der Waals surface area contributed by atoms with Crippen LogP contribution in [-0.2, 0) is 28.6 Å². The summed E-state index contributed by atoms with van der Waals surface area (Å²) < 4.78 is 17.0. The molecule has 1 unspecified atom stereocenters. The van der Waals surface area contributed by atoms with Gasteiger partial charge in [0.05, 0.1) is 0 Å². The minimum atomic E-state index is -0.763. The topological polar surface area (TPSA) is 78.9 Å². The number of hydrogen-bond acceptors (Lipinski definition) is 6. The molecule has 0 aliphatic rings. The van der Waals surface area contributed by atoms with Crippen LogP contribution in [0, 0.1) is 0 Å². The monoisotopic (exact) mass is 1140 g/mol. The molecule has 0 heterocycles. The molecule has 0 amide bonds. The van der Waals surface area contributed by atoms with E-state index in [1.165, 1.54) is 347 Å². The Bertz CT molecular complexity index is 1220. The van der Waals surface area contributed by atoms with Crippen molar-refractivity contribution < 1.29 is 28.6 Å². The molecule has 0 bridgehead atoms. The third-order valence-corrected chi connectivity index (χ3v) is 17.6. The molecule has 0 N–H and O–H groups in total. The van der Waals surface area contributed by atoms with Gasteiger partial charge in [-0.1, -0.05) is 406 Å². The zero-order valence-corrected chi connectivity index (χ0v) is 55.6. The molecule has 6 heteroatoms. The molecule has 0 saturated carbocycles. The molecule has 0 aliphatic carbocycles. The maximum Gasteiger partial charge on any atom is 0.306 e. The molecule has 0 fully saturated rings. The maximum absolute atomic E-state index is 12.9. The van der Waals surface area contributed by atoms with E-state index in [0.717, 1.165) is 57.8 Å². The molecular formula is C75H146O6. The Morgan fingerprint density at radius 3 is 0.494 bits per heavy atom. The number of unbranched alkanes of at least 4 members (excludes halogenated alkanes) is 60. The Kier molecular flexibility index (Phi) is 69.5. The van der Waals surface area contributed by atoms with Gasteiger partial charge in [0.2, 0.25) is 0 Å². The van der Waals surface area contributed by atoms with Gasteiger partial charge in [0.15, 0.2) is 6.10 Å². The van der Waals surface area contributed by atoms with Crippen molar-refractivity contribution in [2.75, 3.05) is 13.2 Å². The number of ether oxygens (including phenoxy) is 3. The van der Waals surface area contributed by atoms with Crippen molar-refractivity contribution in [2.24, 2.45) is 0 Å². The maximum atomic E-state index is 12.9. The first-order chi connectivity index (χ1) is 40.0. The van der Waals surface area contributed by atoms with Crippen LogP contribution in [0.2, 0.25) is 0 Å². The van der Waals surface area contributed by atoms with Crippen LogP contribution in [0.25, 0.3) is 0 Å². The van der Waals surface area contributed by atoms with Crippen LogP contribution in [0.15, 0.2) is 0 Å². The average Bonchev–Trinajstić information content (AvgIpc) is 3.47. The lowest BCUT2D eigenvalue weighted by Crippen LogP contribution is -2.30. The predicted octanol–water partition coefficient (Wildman–Crippen LogP) is 25.8. The Balaban J connectivity index is 4.05. The Labute approximate surface area is 508 Å². The second kappa shape index (κ2) is 70.9. The summed E-state index contributed by atoms with van der Waals surface area (Å²) in [7, 11) is 0. The molecule has 0 aromatic carbocycles. The number of rotatable bonds is 71. The molecule has 0 aliphatic heterocycles. The fourth-order valence-corrected chi connectivity index (χ4v) is 12.0. The Morgan fingerprint density at radius 2 is 0.333 bits per heavy atom. The molecule has 0 saturated heterocycles. The Hall–Kier alpha value is -1.59. The lowest BCUT2D eigenvalue weighted by molar-refractivity contribution is -0.167. The van der Waals surface area contributed by atoms with E-state index in [1.807, 2.05) is 0 Å². The van der Waals surface area contributed by atoms with Gasteiger partial charge in [-0.15, -0.1) is 0 Å². The van der Waals surface area contributed by atoms with E-state index in [9.17, 15) is 14.4 Å². The second-order valence-corrected chi connectivity index (χ2v) is 25.9. The van der Waals surface area contributed by atoms with E-state index < -0.39 is 6.10 Å². The third-order valence-electron chi connectivity index (χ3n) is 17.6. The van der Waals surface area contributed by atoms with Gasteiger partial charge in [0.1, 0.15) is 13.2 Å². The SMILES string of the molecule is CCCCCCCCCCCCCCCCCCCCCCCCCCCCCCCCC(=O)OCC(COC(=O)CCCCCCCCCCCC)OC(=O)CCCCCCCCCCCCCCCCCCCCCCCCC. The van der Waals surface area contributed by atoms with Gasteiger partial charge < -0.3 is 14.2 Å². The summed E-state index contributed by atoms with van der Waals surface area (Å²) >= 11 is 0. The molecule has 0 radical (unpaired) electrons. The van der Waals surface area contributed by atoms with Crippen LogP contribution in [0.5, 0.6) is 0 Å². The first-order valence-corrected chi connectivity index (χ1v) is 37.5. The van der Waals surface area contributed by atoms with Gasteiger partial charge in [-0.3, -0.25) is 14.4 Å². The molecule has 81 heavy (non-hydrogen) atoms. The number of hydrogen-bond donors (Lipinski definition) is 0. The zero-order chi connectivity index (χ0) is 58.5.